The fourth-order valence-corrected chi connectivity index (χ4v) is 4.02. The van der Waals surface area contributed by atoms with Crippen LogP contribution < -0.4 is 10.5 Å². The minimum Gasteiger partial charge on any atom is -0.486 e. The summed E-state index contributed by atoms with van der Waals surface area (Å²) in [5, 5.41) is 0.777. The molecule has 1 aromatic carbocycles. The first-order valence-electron chi connectivity index (χ1n) is 8.68. The molecule has 0 saturated carbocycles. The molecule has 26 heavy (non-hydrogen) atoms. The lowest BCUT2D eigenvalue weighted by Crippen LogP contribution is -2.41. The number of hydrogen-bond acceptors (Lipinski definition) is 5. The second kappa shape index (κ2) is 7.86. The van der Waals surface area contributed by atoms with Gasteiger partial charge in [-0.15, -0.1) is 11.3 Å². The highest BCUT2D eigenvalue weighted by Gasteiger charge is 2.28. The SMILES string of the molecule is Cc1cccc(OCc2nc(C)c(C(=O)N3CCC(C(N)=O)CC3)s2)c1. The van der Waals surface area contributed by atoms with E-state index in [0.717, 1.165) is 22.0 Å². The van der Waals surface area contributed by atoms with E-state index >= 15 is 0 Å². The number of primary amides is 1. The molecule has 1 aromatic heterocycles. The van der Waals surface area contributed by atoms with Crippen LogP contribution in [0.15, 0.2) is 24.3 Å². The predicted molar refractivity (Wildman–Crippen MR) is 100 cm³/mol. The van der Waals surface area contributed by atoms with Gasteiger partial charge in [0.25, 0.3) is 5.91 Å². The fourth-order valence-electron chi connectivity index (χ4n) is 3.07. The van der Waals surface area contributed by atoms with Crippen LogP contribution in [0.3, 0.4) is 0 Å². The number of carbonyl (C=O) groups is 2. The van der Waals surface area contributed by atoms with Crippen molar-refractivity contribution in [1.29, 1.82) is 0 Å². The van der Waals surface area contributed by atoms with Gasteiger partial charge in [0.1, 0.15) is 22.2 Å². The van der Waals surface area contributed by atoms with Crippen LogP contribution >= 0.6 is 11.3 Å². The van der Waals surface area contributed by atoms with Crippen LogP contribution in [0, 0.1) is 19.8 Å². The van der Waals surface area contributed by atoms with Crippen LogP contribution in [-0.2, 0) is 11.4 Å². The largest absolute Gasteiger partial charge is 0.486 e. The number of likely N-dealkylation sites (tertiary alicyclic amines) is 1. The lowest BCUT2D eigenvalue weighted by atomic mass is 9.96. The second-order valence-corrected chi connectivity index (χ2v) is 7.68. The highest BCUT2D eigenvalue weighted by Crippen LogP contribution is 2.25. The van der Waals surface area contributed by atoms with Crippen molar-refractivity contribution in [2.45, 2.75) is 33.3 Å². The summed E-state index contributed by atoms with van der Waals surface area (Å²) in [5.74, 6) is 0.366. The van der Waals surface area contributed by atoms with Gasteiger partial charge in [0.2, 0.25) is 5.91 Å². The number of piperidine rings is 1. The number of amides is 2. The van der Waals surface area contributed by atoms with E-state index in [0.29, 0.717) is 37.4 Å². The van der Waals surface area contributed by atoms with Crippen molar-refractivity contribution in [1.82, 2.24) is 9.88 Å². The summed E-state index contributed by atoms with van der Waals surface area (Å²) in [5.41, 5.74) is 7.21. The van der Waals surface area contributed by atoms with Gasteiger partial charge >= 0.3 is 0 Å². The summed E-state index contributed by atoms with van der Waals surface area (Å²) in [7, 11) is 0. The molecule has 1 saturated heterocycles. The maximum atomic E-state index is 12.8. The van der Waals surface area contributed by atoms with Gasteiger partial charge in [0.05, 0.1) is 5.69 Å². The minimum atomic E-state index is -0.276. The summed E-state index contributed by atoms with van der Waals surface area (Å²) < 4.78 is 5.78. The van der Waals surface area contributed by atoms with E-state index < -0.39 is 0 Å². The second-order valence-electron chi connectivity index (χ2n) is 6.60. The van der Waals surface area contributed by atoms with Gasteiger partial charge in [-0.05, 0) is 44.4 Å². The fraction of sp³-hybridized carbons (Fsp3) is 0.421. The quantitative estimate of drug-likeness (QED) is 0.873. The summed E-state index contributed by atoms with van der Waals surface area (Å²) in [6.07, 6.45) is 1.25. The average Bonchev–Trinajstić information content (AvgIpc) is 3.00. The van der Waals surface area contributed by atoms with Crippen LogP contribution in [0.1, 0.15) is 38.8 Å². The molecule has 2 amide bonds. The Hall–Kier alpha value is -2.41. The standard InChI is InChI=1S/C19H23N3O3S/c1-12-4-3-5-15(10-12)25-11-16-21-13(2)17(26-16)19(24)22-8-6-14(7-9-22)18(20)23/h3-5,10,14H,6-9,11H2,1-2H3,(H2,20,23). The smallest absolute Gasteiger partial charge is 0.265 e. The van der Waals surface area contributed by atoms with Crippen LogP contribution in [-0.4, -0.2) is 34.8 Å². The number of aryl methyl sites for hydroxylation is 2. The van der Waals surface area contributed by atoms with Crippen molar-refractivity contribution in [2.75, 3.05) is 13.1 Å². The highest BCUT2D eigenvalue weighted by molar-refractivity contribution is 7.13. The van der Waals surface area contributed by atoms with Crippen LogP contribution in [0.4, 0.5) is 0 Å². The highest BCUT2D eigenvalue weighted by atomic mass is 32.1. The summed E-state index contributed by atoms with van der Waals surface area (Å²) in [4.78, 5) is 30.9. The summed E-state index contributed by atoms with van der Waals surface area (Å²) in [6, 6.07) is 7.83. The van der Waals surface area contributed by atoms with Crippen molar-refractivity contribution >= 4 is 23.2 Å². The molecular weight excluding hydrogens is 350 g/mol. The molecule has 138 valence electrons. The molecule has 0 radical (unpaired) electrons. The van der Waals surface area contributed by atoms with Crippen molar-refractivity contribution in [3.8, 4) is 5.75 Å². The number of nitrogens with zero attached hydrogens (tertiary/aromatic N) is 2. The van der Waals surface area contributed by atoms with Crippen molar-refractivity contribution in [3.05, 3.63) is 45.4 Å². The number of carbonyl (C=O) groups excluding carboxylic acids is 2. The van der Waals surface area contributed by atoms with Crippen LogP contribution in [0.25, 0.3) is 0 Å². The molecule has 6 nitrogen and oxygen atoms in total. The Bertz CT molecular complexity index is 810. The Morgan fingerprint density at radius 3 is 2.69 bits per heavy atom. The number of thiazole rings is 1. The van der Waals surface area contributed by atoms with E-state index in [2.05, 4.69) is 4.98 Å². The molecule has 1 aliphatic rings. The van der Waals surface area contributed by atoms with Crippen molar-refractivity contribution in [3.63, 3.8) is 0 Å². The molecule has 2 N–H and O–H groups in total. The maximum absolute atomic E-state index is 12.8. The number of aromatic nitrogens is 1. The lowest BCUT2D eigenvalue weighted by molar-refractivity contribution is -0.123. The van der Waals surface area contributed by atoms with Crippen LogP contribution in [0.2, 0.25) is 0 Å². The minimum absolute atomic E-state index is 0.0234. The van der Waals surface area contributed by atoms with Crippen LogP contribution in [0.5, 0.6) is 5.75 Å². The Morgan fingerprint density at radius 1 is 1.31 bits per heavy atom. The van der Waals surface area contributed by atoms with E-state index in [1.807, 2.05) is 38.1 Å². The van der Waals surface area contributed by atoms with E-state index in [4.69, 9.17) is 10.5 Å². The zero-order valence-electron chi connectivity index (χ0n) is 15.0. The molecule has 0 spiro atoms. The maximum Gasteiger partial charge on any atom is 0.265 e. The van der Waals surface area contributed by atoms with Crippen molar-refractivity contribution in [2.24, 2.45) is 11.7 Å². The van der Waals surface area contributed by atoms with Crippen molar-refractivity contribution < 1.29 is 14.3 Å². The molecular formula is C19H23N3O3S. The van der Waals surface area contributed by atoms with Gasteiger partial charge in [-0.1, -0.05) is 12.1 Å². The third-order valence-corrected chi connectivity index (χ3v) is 5.69. The third kappa shape index (κ3) is 4.22. The first kappa shape index (κ1) is 18.4. The zero-order chi connectivity index (χ0) is 18.7. The Labute approximate surface area is 157 Å². The van der Waals surface area contributed by atoms with E-state index in [-0.39, 0.29) is 17.7 Å². The normalized spacial score (nSPS) is 15.1. The summed E-state index contributed by atoms with van der Waals surface area (Å²) >= 11 is 1.37. The third-order valence-electron chi connectivity index (χ3n) is 4.57. The number of benzene rings is 1. The number of hydrogen-bond donors (Lipinski definition) is 1. The monoisotopic (exact) mass is 373 g/mol. The molecule has 0 aliphatic carbocycles. The molecule has 7 heteroatoms. The molecule has 0 unspecified atom stereocenters. The van der Waals surface area contributed by atoms with Gasteiger partial charge in [0.15, 0.2) is 0 Å². The number of rotatable bonds is 5. The van der Waals surface area contributed by atoms with Gasteiger partial charge < -0.3 is 15.4 Å². The first-order valence-corrected chi connectivity index (χ1v) is 9.50. The molecule has 1 aliphatic heterocycles. The first-order chi connectivity index (χ1) is 12.4. The van der Waals surface area contributed by atoms with E-state index in [1.165, 1.54) is 11.3 Å². The van der Waals surface area contributed by atoms with Gasteiger partial charge in [-0.25, -0.2) is 4.98 Å². The Kier molecular flexibility index (Phi) is 5.56. The molecule has 2 heterocycles. The van der Waals surface area contributed by atoms with E-state index in [9.17, 15) is 9.59 Å². The predicted octanol–water partition coefficient (Wildman–Crippen LogP) is 2.68. The molecule has 3 rings (SSSR count). The molecule has 2 aromatic rings. The number of ether oxygens (including phenoxy) is 1. The number of nitrogens with two attached hydrogens (primary N) is 1. The van der Waals surface area contributed by atoms with E-state index in [1.54, 1.807) is 4.90 Å². The molecule has 1 fully saturated rings. The van der Waals surface area contributed by atoms with Gasteiger partial charge in [0, 0.05) is 19.0 Å². The zero-order valence-corrected chi connectivity index (χ0v) is 15.8. The lowest BCUT2D eigenvalue weighted by Gasteiger charge is -2.30. The molecule has 0 atom stereocenters. The summed E-state index contributed by atoms with van der Waals surface area (Å²) in [6.45, 7) is 5.30. The topological polar surface area (TPSA) is 85.5 Å². The Morgan fingerprint density at radius 2 is 2.04 bits per heavy atom. The Balaban J connectivity index is 1.62. The molecule has 0 bridgehead atoms. The average molecular weight is 373 g/mol. The van der Waals surface area contributed by atoms with Gasteiger partial charge in [-0.3, -0.25) is 9.59 Å². The van der Waals surface area contributed by atoms with Gasteiger partial charge in [-0.2, -0.15) is 0 Å².